The molecule has 0 amide bonds. The number of pyridine rings is 1. The van der Waals surface area contributed by atoms with Gasteiger partial charge in [0.15, 0.2) is 0 Å². The summed E-state index contributed by atoms with van der Waals surface area (Å²) in [5.41, 5.74) is -1.06. The van der Waals surface area contributed by atoms with Crippen molar-refractivity contribution in [1.82, 2.24) is 4.98 Å². The third-order valence-corrected chi connectivity index (χ3v) is 2.19. The quantitative estimate of drug-likeness (QED) is 0.469. The molecule has 19 heavy (non-hydrogen) atoms. The number of nitrogens with zero attached hydrogens (tertiary/aromatic N) is 2. The molecular weight excluding hydrogens is 258 g/mol. The molecule has 0 saturated heterocycles. The number of carbonyl (C=O) groups is 1. The number of methoxy groups -OCH3 is 1. The van der Waals surface area contributed by atoms with Gasteiger partial charge >= 0.3 is 11.7 Å². The van der Waals surface area contributed by atoms with Crippen LogP contribution in [0.5, 0.6) is 0 Å². The average molecular weight is 271 g/mol. The number of anilines is 1. The van der Waals surface area contributed by atoms with E-state index in [0.717, 1.165) is 12.3 Å². The van der Waals surface area contributed by atoms with E-state index >= 15 is 0 Å². The van der Waals surface area contributed by atoms with Gasteiger partial charge < -0.3 is 20.3 Å². The predicted octanol–water partition coefficient (Wildman–Crippen LogP) is 0.107. The lowest BCUT2D eigenvalue weighted by Gasteiger charge is -2.11. The van der Waals surface area contributed by atoms with Gasteiger partial charge in [-0.1, -0.05) is 0 Å². The van der Waals surface area contributed by atoms with Crippen molar-refractivity contribution in [2.75, 3.05) is 25.6 Å². The Labute approximate surface area is 108 Å². The second-order valence-corrected chi connectivity index (χ2v) is 3.64. The molecular formula is C10H13N3O6. The van der Waals surface area contributed by atoms with Crippen LogP contribution >= 0.6 is 0 Å². The lowest BCUT2D eigenvalue weighted by Crippen LogP contribution is -2.24. The number of aromatic carboxylic acids is 1. The first-order valence-electron chi connectivity index (χ1n) is 5.24. The Kier molecular flexibility index (Phi) is 5.15. The molecule has 0 aromatic carbocycles. The van der Waals surface area contributed by atoms with Crippen molar-refractivity contribution in [2.45, 2.75) is 6.10 Å². The molecule has 9 heteroatoms. The number of ether oxygens (including phenoxy) is 1. The van der Waals surface area contributed by atoms with Crippen LogP contribution in [0, 0.1) is 10.1 Å². The van der Waals surface area contributed by atoms with E-state index in [1.807, 2.05) is 0 Å². The second kappa shape index (κ2) is 6.61. The Morgan fingerprint density at radius 1 is 1.68 bits per heavy atom. The minimum atomic E-state index is -1.42. The van der Waals surface area contributed by atoms with Gasteiger partial charge in [-0.3, -0.25) is 10.1 Å². The first-order chi connectivity index (χ1) is 8.95. The first kappa shape index (κ1) is 14.8. The summed E-state index contributed by atoms with van der Waals surface area (Å²) in [4.78, 5) is 24.4. The number of hydrogen-bond acceptors (Lipinski definition) is 7. The number of nitrogens with one attached hydrogen (secondary N) is 1. The highest BCUT2D eigenvalue weighted by Gasteiger charge is 2.21. The van der Waals surface area contributed by atoms with Crippen LogP contribution in [0.25, 0.3) is 0 Å². The summed E-state index contributed by atoms with van der Waals surface area (Å²) in [5.74, 6) is -1.30. The fourth-order valence-corrected chi connectivity index (χ4v) is 1.34. The van der Waals surface area contributed by atoms with Crippen LogP contribution in [0.2, 0.25) is 0 Å². The summed E-state index contributed by atoms with van der Waals surface area (Å²) in [6.07, 6.45) is 0.0596. The van der Waals surface area contributed by atoms with Crippen molar-refractivity contribution in [3.63, 3.8) is 0 Å². The molecule has 0 bridgehead atoms. The van der Waals surface area contributed by atoms with Gasteiger partial charge in [0.25, 0.3) is 0 Å². The zero-order valence-corrected chi connectivity index (χ0v) is 10.1. The third kappa shape index (κ3) is 4.16. The highest BCUT2D eigenvalue weighted by atomic mass is 16.6. The molecule has 0 aliphatic heterocycles. The van der Waals surface area contributed by atoms with E-state index in [1.54, 1.807) is 0 Å². The molecule has 0 aliphatic rings. The zero-order valence-electron chi connectivity index (χ0n) is 10.1. The van der Waals surface area contributed by atoms with Crippen LogP contribution in [-0.2, 0) is 4.74 Å². The zero-order chi connectivity index (χ0) is 14.4. The Morgan fingerprint density at radius 2 is 2.37 bits per heavy atom. The molecule has 1 heterocycles. The summed E-state index contributed by atoms with van der Waals surface area (Å²) in [6, 6.07) is 1.04. The predicted molar refractivity (Wildman–Crippen MR) is 64.2 cm³/mol. The first-order valence-corrected chi connectivity index (χ1v) is 5.24. The van der Waals surface area contributed by atoms with E-state index in [-0.39, 0.29) is 19.0 Å². The molecule has 1 aromatic heterocycles. The molecule has 104 valence electrons. The standard InChI is InChI=1S/C10H13N3O6/c1-19-5-6(14)3-11-9-2-7(10(15)16)8(4-12-9)13(17)18/h2,4,6,14H,3,5H2,1H3,(H,11,12)(H,15,16). The molecule has 0 fully saturated rings. The Balaban J connectivity index is 2.84. The third-order valence-electron chi connectivity index (χ3n) is 2.19. The van der Waals surface area contributed by atoms with Crippen LogP contribution < -0.4 is 5.32 Å². The van der Waals surface area contributed by atoms with Gasteiger partial charge in [-0.25, -0.2) is 9.78 Å². The fourth-order valence-electron chi connectivity index (χ4n) is 1.34. The van der Waals surface area contributed by atoms with Crippen molar-refractivity contribution < 1.29 is 24.7 Å². The maximum atomic E-state index is 10.9. The van der Waals surface area contributed by atoms with Crippen LogP contribution in [0.1, 0.15) is 10.4 Å². The normalized spacial score (nSPS) is 11.9. The minimum absolute atomic E-state index is 0.0811. The maximum absolute atomic E-state index is 10.9. The monoisotopic (exact) mass is 271 g/mol. The van der Waals surface area contributed by atoms with E-state index in [2.05, 4.69) is 10.3 Å². The van der Waals surface area contributed by atoms with Gasteiger partial charge in [0.1, 0.15) is 17.6 Å². The van der Waals surface area contributed by atoms with E-state index in [4.69, 9.17) is 9.84 Å². The Hall–Kier alpha value is -2.26. The van der Waals surface area contributed by atoms with Crippen molar-refractivity contribution in [3.8, 4) is 0 Å². The molecule has 0 aliphatic carbocycles. The fraction of sp³-hybridized carbons (Fsp3) is 0.400. The van der Waals surface area contributed by atoms with Crippen LogP contribution in [0.15, 0.2) is 12.3 Å². The van der Waals surface area contributed by atoms with E-state index in [9.17, 15) is 20.0 Å². The van der Waals surface area contributed by atoms with E-state index in [1.165, 1.54) is 7.11 Å². The molecule has 9 nitrogen and oxygen atoms in total. The summed E-state index contributed by atoms with van der Waals surface area (Å²) < 4.78 is 4.71. The molecule has 3 N–H and O–H groups in total. The van der Waals surface area contributed by atoms with Gasteiger partial charge in [-0.15, -0.1) is 0 Å². The number of carboxylic acids is 1. The average Bonchev–Trinajstić information content (AvgIpc) is 2.36. The highest BCUT2D eigenvalue weighted by molar-refractivity contribution is 5.93. The van der Waals surface area contributed by atoms with Gasteiger partial charge in [-0.2, -0.15) is 0 Å². The minimum Gasteiger partial charge on any atom is -0.477 e. The summed E-state index contributed by atoms with van der Waals surface area (Å²) in [6.45, 7) is 0.184. The van der Waals surface area contributed by atoms with E-state index in [0.29, 0.717) is 0 Å². The van der Waals surface area contributed by atoms with Crippen molar-refractivity contribution in [2.24, 2.45) is 0 Å². The Bertz CT molecular complexity index is 478. The molecule has 1 unspecified atom stereocenters. The second-order valence-electron chi connectivity index (χ2n) is 3.64. The van der Waals surface area contributed by atoms with Crippen LogP contribution in [0.4, 0.5) is 11.5 Å². The topological polar surface area (TPSA) is 135 Å². The number of rotatable bonds is 7. The number of aliphatic hydroxyl groups is 1. The van der Waals surface area contributed by atoms with Crippen molar-refractivity contribution in [3.05, 3.63) is 27.9 Å². The smallest absolute Gasteiger partial charge is 0.342 e. The lowest BCUT2D eigenvalue weighted by atomic mass is 10.2. The van der Waals surface area contributed by atoms with Gasteiger partial charge in [0.05, 0.1) is 17.6 Å². The number of nitro groups is 1. The molecule has 0 spiro atoms. The van der Waals surface area contributed by atoms with E-state index < -0.39 is 28.2 Å². The molecule has 0 radical (unpaired) electrons. The van der Waals surface area contributed by atoms with Crippen molar-refractivity contribution in [1.29, 1.82) is 0 Å². The number of carboxylic acid groups (broad SMARTS) is 1. The molecule has 1 atom stereocenters. The highest BCUT2D eigenvalue weighted by Crippen LogP contribution is 2.20. The summed E-state index contributed by atoms with van der Waals surface area (Å²) in [5, 5.41) is 31.5. The maximum Gasteiger partial charge on any atom is 0.342 e. The SMILES string of the molecule is COCC(O)CNc1cc(C(=O)O)c([N+](=O)[O-])cn1. The van der Waals surface area contributed by atoms with Crippen molar-refractivity contribution >= 4 is 17.5 Å². The van der Waals surface area contributed by atoms with Gasteiger partial charge in [-0.05, 0) is 0 Å². The number of hydrogen-bond donors (Lipinski definition) is 3. The largest absolute Gasteiger partial charge is 0.477 e. The summed E-state index contributed by atoms with van der Waals surface area (Å²) in [7, 11) is 1.43. The van der Waals surface area contributed by atoms with Gasteiger partial charge in [0, 0.05) is 19.7 Å². The summed E-state index contributed by atoms with van der Waals surface area (Å²) >= 11 is 0. The molecule has 1 rings (SSSR count). The number of aliphatic hydroxyl groups excluding tert-OH is 1. The lowest BCUT2D eigenvalue weighted by molar-refractivity contribution is -0.385. The Morgan fingerprint density at radius 3 is 2.89 bits per heavy atom. The molecule has 0 saturated carbocycles. The molecule has 1 aromatic rings. The number of aromatic nitrogens is 1. The van der Waals surface area contributed by atoms with Gasteiger partial charge in [0.2, 0.25) is 0 Å². The van der Waals surface area contributed by atoms with Crippen LogP contribution in [-0.4, -0.2) is 52.5 Å². The van der Waals surface area contributed by atoms with Crippen LogP contribution in [0.3, 0.4) is 0 Å².